The SMILES string of the molecule is C=CCNC(=O)C(C)NCc1ccc(C(C)C)cc1. The van der Waals surface area contributed by atoms with Crippen LogP contribution in [0.15, 0.2) is 36.9 Å². The van der Waals surface area contributed by atoms with Gasteiger partial charge in [0.15, 0.2) is 0 Å². The van der Waals surface area contributed by atoms with Crippen LogP contribution in [0.4, 0.5) is 0 Å². The highest BCUT2D eigenvalue weighted by atomic mass is 16.2. The zero-order valence-electron chi connectivity index (χ0n) is 12.1. The zero-order chi connectivity index (χ0) is 14.3. The van der Waals surface area contributed by atoms with E-state index in [0.717, 1.165) is 0 Å². The Morgan fingerprint density at radius 1 is 1.26 bits per heavy atom. The van der Waals surface area contributed by atoms with Gasteiger partial charge in [-0.1, -0.05) is 44.2 Å². The van der Waals surface area contributed by atoms with E-state index >= 15 is 0 Å². The van der Waals surface area contributed by atoms with Gasteiger partial charge in [0.2, 0.25) is 5.91 Å². The average molecular weight is 260 g/mol. The lowest BCUT2D eigenvalue weighted by molar-refractivity contribution is -0.122. The van der Waals surface area contributed by atoms with Gasteiger partial charge >= 0.3 is 0 Å². The maximum absolute atomic E-state index is 11.6. The van der Waals surface area contributed by atoms with E-state index in [1.807, 2.05) is 6.92 Å². The molecule has 0 heterocycles. The summed E-state index contributed by atoms with van der Waals surface area (Å²) >= 11 is 0. The van der Waals surface area contributed by atoms with E-state index in [-0.39, 0.29) is 11.9 Å². The van der Waals surface area contributed by atoms with Crippen LogP contribution in [0.2, 0.25) is 0 Å². The predicted molar refractivity (Wildman–Crippen MR) is 80.0 cm³/mol. The third-order valence-electron chi connectivity index (χ3n) is 3.07. The minimum absolute atomic E-state index is 0.00120. The van der Waals surface area contributed by atoms with Crippen molar-refractivity contribution < 1.29 is 4.79 Å². The van der Waals surface area contributed by atoms with Gasteiger partial charge in [-0.05, 0) is 24.0 Å². The van der Waals surface area contributed by atoms with Crippen LogP contribution >= 0.6 is 0 Å². The Balaban J connectivity index is 2.43. The number of carbonyl (C=O) groups is 1. The van der Waals surface area contributed by atoms with Crippen LogP contribution in [0, 0.1) is 0 Å². The van der Waals surface area contributed by atoms with E-state index in [2.05, 4.69) is 55.3 Å². The Morgan fingerprint density at radius 2 is 1.89 bits per heavy atom. The smallest absolute Gasteiger partial charge is 0.237 e. The standard InChI is InChI=1S/C16H24N2O/c1-5-10-17-16(19)13(4)18-11-14-6-8-15(9-7-14)12(2)3/h5-9,12-13,18H,1,10-11H2,2-4H3,(H,17,19). The molecule has 0 radical (unpaired) electrons. The van der Waals surface area contributed by atoms with Crippen molar-refractivity contribution in [1.29, 1.82) is 0 Å². The second kappa shape index (κ2) is 7.74. The van der Waals surface area contributed by atoms with Crippen molar-refractivity contribution >= 4 is 5.91 Å². The number of amides is 1. The van der Waals surface area contributed by atoms with Crippen molar-refractivity contribution in [3.63, 3.8) is 0 Å². The zero-order valence-corrected chi connectivity index (χ0v) is 12.1. The van der Waals surface area contributed by atoms with Crippen LogP contribution in [0.3, 0.4) is 0 Å². The molecule has 1 rings (SSSR count). The summed E-state index contributed by atoms with van der Waals surface area (Å²) in [4.78, 5) is 11.6. The van der Waals surface area contributed by atoms with Crippen molar-refractivity contribution in [3.8, 4) is 0 Å². The molecule has 104 valence electrons. The second-order valence-electron chi connectivity index (χ2n) is 5.03. The van der Waals surface area contributed by atoms with Gasteiger partial charge in [-0.25, -0.2) is 0 Å². The maximum atomic E-state index is 11.6. The molecule has 1 aromatic carbocycles. The number of rotatable bonds is 7. The van der Waals surface area contributed by atoms with Crippen molar-refractivity contribution in [2.24, 2.45) is 0 Å². The molecule has 1 unspecified atom stereocenters. The quantitative estimate of drug-likeness (QED) is 0.740. The van der Waals surface area contributed by atoms with E-state index < -0.39 is 0 Å². The van der Waals surface area contributed by atoms with Crippen molar-refractivity contribution in [1.82, 2.24) is 10.6 Å². The van der Waals surface area contributed by atoms with E-state index in [1.54, 1.807) is 6.08 Å². The molecule has 3 nitrogen and oxygen atoms in total. The molecule has 0 fully saturated rings. The average Bonchev–Trinajstić information content (AvgIpc) is 2.42. The fourth-order valence-corrected chi connectivity index (χ4v) is 1.71. The number of benzene rings is 1. The van der Waals surface area contributed by atoms with E-state index in [9.17, 15) is 4.79 Å². The summed E-state index contributed by atoms with van der Waals surface area (Å²) < 4.78 is 0. The molecule has 1 atom stereocenters. The van der Waals surface area contributed by atoms with Crippen LogP contribution in [-0.4, -0.2) is 18.5 Å². The molecule has 0 aliphatic heterocycles. The highest BCUT2D eigenvalue weighted by Gasteiger charge is 2.10. The number of hydrogen-bond donors (Lipinski definition) is 2. The third kappa shape index (κ3) is 5.26. The molecular formula is C16H24N2O. The first-order valence-corrected chi connectivity index (χ1v) is 6.75. The summed E-state index contributed by atoms with van der Waals surface area (Å²) in [6.07, 6.45) is 1.68. The Labute approximate surface area is 116 Å². The molecule has 0 aromatic heterocycles. The first-order valence-electron chi connectivity index (χ1n) is 6.75. The summed E-state index contributed by atoms with van der Waals surface area (Å²) in [5, 5.41) is 5.98. The molecule has 0 saturated carbocycles. The second-order valence-corrected chi connectivity index (χ2v) is 5.03. The maximum Gasteiger partial charge on any atom is 0.237 e. The van der Waals surface area contributed by atoms with Crippen molar-refractivity contribution in [2.75, 3.05) is 6.54 Å². The summed E-state index contributed by atoms with van der Waals surface area (Å²) in [5.74, 6) is 0.546. The van der Waals surface area contributed by atoms with Crippen LogP contribution in [0.1, 0.15) is 37.8 Å². The highest BCUT2D eigenvalue weighted by Crippen LogP contribution is 2.14. The van der Waals surface area contributed by atoms with Crippen LogP contribution in [-0.2, 0) is 11.3 Å². The predicted octanol–water partition coefficient (Wildman–Crippen LogP) is 2.59. The van der Waals surface area contributed by atoms with E-state index in [0.29, 0.717) is 19.0 Å². The molecule has 0 saturated heterocycles. The minimum Gasteiger partial charge on any atom is -0.351 e. The molecule has 1 aromatic rings. The first kappa shape index (κ1) is 15.4. The van der Waals surface area contributed by atoms with Crippen molar-refractivity contribution in [3.05, 3.63) is 48.0 Å². The van der Waals surface area contributed by atoms with Crippen LogP contribution in [0.5, 0.6) is 0 Å². The summed E-state index contributed by atoms with van der Waals surface area (Å²) in [6, 6.07) is 8.30. The fraction of sp³-hybridized carbons (Fsp3) is 0.438. The topological polar surface area (TPSA) is 41.1 Å². The molecule has 2 N–H and O–H groups in total. The molecule has 19 heavy (non-hydrogen) atoms. The molecular weight excluding hydrogens is 236 g/mol. The van der Waals surface area contributed by atoms with Gasteiger partial charge in [0.1, 0.15) is 0 Å². The summed E-state index contributed by atoms with van der Waals surface area (Å²) in [5.41, 5.74) is 2.52. The largest absolute Gasteiger partial charge is 0.351 e. The molecule has 0 spiro atoms. The Morgan fingerprint density at radius 3 is 2.42 bits per heavy atom. The molecule has 0 aliphatic carbocycles. The first-order chi connectivity index (χ1) is 9.04. The van der Waals surface area contributed by atoms with Gasteiger partial charge in [-0.2, -0.15) is 0 Å². The number of nitrogens with one attached hydrogen (secondary N) is 2. The monoisotopic (exact) mass is 260 g/mol. The molecule has 0 aliphatic rings. The highest BCUT2D eigenvalue weighted by molar-refractivity contribution is 5.81. The number of carbonyl (C=O) groups excluding carboxylic acids is 1. The van der Waals surface area contributed by atoms with Gasteiger partial charge in [-0.15, -0.1) is 6.58 Å². The molecule has 0 bridgehead atoms. The Hall–Kier alpha value is -1.61. The normalized spacial score (nSPS) is 12.2. The summed E-state index contributed by atoms with van der Waals surface area (Å²) in [6.45, 7) is 11.0. The number of hydrogen-bond acceptors (Lipinski definition) is 2. The van der Waals surface area contributed by atoms with E-state index in [1.165, 1.54) is 11.1 Å². The van der Waals surface area contributed by atoms with Gasteiger partial charge in [0, 0.05) is 13.1 Å². The third-order valence-corrected chi connectivity index (χ3v) is 3.07. The van der Waals surface area contributed by atoms with Crippen LogP contribution in [0.25, 0.3) is 0 Å². The Kier molecular flexibility index (Phi) is 6.30. The fourth-order valence-electron chi connectivity index (χ4n) is 1.71. The van der Waals surface area contributed by atoms with Gasteiger partial charge in [0.25, 0.3) is 0 Å². The molecule has 3 heteroatoms. The summed E-state index contributed by atoms with van der Waals surface area (Å²) in [7, 11) is 0. The lowest BCUT2D eigenvalue weighted by Crippen LogP contribution is -2.41. The van der Waals surface area contributed by atoms with Gasteiger partial charge < -0.3 is 10.6 Å². The van der Waals surface area contributed by atoms with E-state index in [4.69, 9.17) is 0 Å². The van der Waals surface area contributed by atoms with Gasteiger partial charge in [0.05, 0.1) is 6.04 Å². The van der Waals surface area contributed by atoms with Crippen LogP contribution < -0.4 is 10.6 Å². The lowest BCUT2D eigenvalue weighted by Gasteiger charge is -2.14. The lowest BCUT2D eigenvalue weighted by atomic mass is 10.0. The van der Waals surface area contributed by atoms with Gasteiger partial charge in [-0.3, -0.25) is 4.79 Å². The Bertz CT molecular complexity index is 409. The minimum atomic E-state index is -0.204. The molecule has 1 amide bonds. The van der Waals surface area contributed by atoms with Crippen molar-refractivity contribution in [2.45, 2.75) is 39.3 Å².